The number of amides is 2. The topological polar surface area (TPSA) is 49.4 Å². The Hall–Kier alpha value is -2.76. The van der Waals surface area contributed by atoms with E-state index in [1.165, 1.54) is 18.2 Å². The number of hydrogen-bond donors (Lipinski definition) is 1. The Morgan fingerprint density at radius 2 is 1.83 bits per heavy atom. The van der Waals surface area contributed by atoms with Gasteiger partial charge in [-0.1, -0.05) is 24.3 Å². The van der Waals surface area contributed by atoms with Crippen molar-refractivity contribution < 1.29 is 18.4 Å². The minimum absolute atomic E-state index is 0.0308. The van der Waals surface area contributed by atoms with Crippen LogP contribution in [0.1, 0.15) is 36.0 Å². The third-order valence-electron chi connectivity index (χ3n) is 5.44. The van der Waals surface area contributed by atoms with E-state index in [4.69, 9.17) is 0 Å². The maximum absolute atomic E-state index is 13.6. The largest absolute Gasteiger partial charge is 0.352 e. The zero-order chi connectivity index (χ0) is 20.8. The molecule has 1 heterocycles. The van der Waals surface area contributed by atoms with Gasteiger partial charge in [-0.15, -0.1) is 0 Å². The highest BCUT2D eigenvalue weighted by molar-refractivity contribution is 5.80. The van der Waals surface area contributed by atoms with Crippen LogP contribution in [0.25, 0.3) is 0 Å². The van der Waals surface area contributed by atoms with E-state index in [2.05, 4.69) is 5.32 Å². The molecule has 6 heteroatoms. The van der Waals surface area contributed by atoms with Crippen molar-refractivity contribution >= 4 is 11.8 Å². The first-order valence-corrected chi connectivity index (χ1v) is 9.97. The van der Waals surface area contributed by atoms with Crippen LogP contribution < -0.4 is 5.32 Å². The first kappa shape index (κ1) is 21.0. The molecular weight excluding hydrogens is 374 g/mol. The number of piperidine rings is 1. The number of carbonyl (C=O) groups excluding carboxylic acids is 2. The number of aryl methyl sites for hydroxylation is 2. The quantitative estimate of drug-likeness (QED) is 0.803. The molecule has 1 aliphatic rings. The maximum atomic E-state index is 13.6. The lowest BCUT2D eigenvalue weighted by molar-refractivity contribution is -0.135. The Balaban J connectivity index is 1.41. The van der Waals surface area contributed by atoms with Crippen LogP contribution in [0.2, 0.25) is 0 Å². The van der Waals surface area contributed by atoms with Gasteiger partial charge in [-0.2, -0.15) is 0 Å². The van der Waals surface area contributed by atoms with Crippen molar-refractivity contribution in [2.75, 3.05) is 13.1 Å². The number of halogens is 2. The summed E-state index contributed by atoms with van der Waals surface area (Å²) in [4.78, 5) is 26.6. The third-order valence-corrected chi connectivity index (χ3v) is 5.44. The first-order chi connectivity index (χ1) is 13.9. The van der Waals surface area contributed by atoms with Gasteiger partial charge < -0.3 is 10.2 Å². The van der Waals surface area contributed by atoms with Crippen LogP contribution >= 0.6 is 0 Å². The smallest absolute Gasteiger partial charge is 0.223 e. The standard InChI is InChI=1S/C23H26F2N2O2/c1-16-5-6-18(14-21(16)25)15-26-23(29)19-9-11-27(12-10-19)22(28)8-7-17-3-2-4-20(24)13-17/h2-6,13-14,19H,7-12,15H2,1H3,(H,26,29). The molecule has 0 radical (unpaired) electrons. The normalized spacial score (nSPS) is 14.7. The lowest BCUT2D eigenvalue weighted by Gasteiger charge is -2.31. The highest BCUT2D eigenvalue weighted by Gasteiger charge is 2.27. The van der Waals surface area contributed by atoms with Crippen LogP contribution in [-0.4, -0.2) is 29.8 Å². The summed E-state index contributed by atoms with van der Waals surface area (Å²) in [7, 11) is 0. The SMILES string of the molecule is Cc1ccc(CNC(=O)C2CCN(C(=O)CCc3cccc(F)c3)CC2)cc1F. The summed E-state index contributed by atoms with van der Waals surface area (Å²) in [5.41, 5.74) is 2.11. The average molecular weight is 400 g/mol. The van der Waals surface area contributed by atoms with Gasteiger partial charge in [0.05, 0.1) is 0 Å². The summed E-state index contributed by atoms with van der Waals surface area (Å²) in [6.07, 6.45) is 2.06. The molecule has 1 saturated heterocycles. The molecule has 29 heavy (non-hydrogen) atoms. The zero-order valence-electron chi connectivity index (χ0n) is 16.6. The molecule has 154 valence electrons. The van der Waals surface area contributed by atoms with E-state index in [1.54, 1.807) is 30.0 Å². The van der Waals surface area contributed by atoms with Crippen molar-refractivity contribution in [3.63, 3.8) is 0 Å². The number of nitrogens with one attached hydrogen (secondary N) is 1. The van der Waals surface area contributed by atoms with Gasteiger partial charge in [0.1, 0.15) is 11.6 Å². The summed E-state index contributed by atoms with van der Waals surface area (Å²) in [5.74, 6) is -0.740. The molecule has 0 spiro atoms. The molecule has 0 atom stereocenters. The van der Waals surface area contributed by atoms with Gasteiger partial charge in [0.25, 0.3) is 0 Å². The lowest BCUT2D eigenvalue weighted by Crippen LogP contribution is -2.43. The highest BCUT2D eigenvalue weighted by Crippen LogP contribution is 2.19. The first-order valence-electron chi connectivity index (χ1n) is 9.97. The molecule has 0 aliphatic carbocycles. The Kier molecular flexibility index (Phi) is 6.96. The predicted octanol–water partition coefficient (Wildman–Crippen LogP) is 3.76. The monoisotopic (exact) mass is 400 g/mol. The predicted molar refractivity (Wildman–Crippen MR) is 107 cm³/mol. The Bertz CT molecular complexity index is 877. The second-order valence-corrected chi connectivity index (χ2v) is 7.59. The number of carbonyl (C=O) groups is 2. The summed E-state index contributed by atoms with van der Waals surface area (Å²) >= 11 is 0. The summed E-state index contributed by atoms with van der Waals surface area (Å²) < 4.78 is 26.8. The summed E-state index contributed by atoms with van der Waals surface area (Å²) in [6.45, 7) is 3.08. The van der Waals surface area contributed by atoms with Crippen LogP contribution in [0.3, 0.4) is 0 Å². The van der Waals surface area contributed by atoms with E-state index < -0.39 is 0 Å². The minimum Gasteiger partial charge on any atom is -0.352 e. The zero-order valence-corrected chi connectivity index (χ0v) is 16.6. The molecule has 4 nitrogen and oxygen atoms in total. The fraction of sp³-hybridized carbons (Fsp3) is 0.391. The molecule has 0 bridgehead atoms. The number of hydrogen-bond acceptors (Lipinski definition) is 2. The second-order valence-electron chi connectivity index (χ2n) is 7.59. The molecular formula is C23H26F2N2O2. The van der Waals surface area contributed by atoms with Crippen molar-refractivity contribution in [3.8, 4) is 0 Å². The molecule has 3 rings (SSSR count). The average Bonchev–Trinajstić information content (AvgIpc) is 2.73. The third kappa shape index (κ3) is 5.86. The van der Waals surface area contributed by atoms with E-state index in [0.717, 1.165) is 11.1 Å². The molecule has 2 amide bonds. The van der Waals surface area contributed by atoms with E-state index >= 15 is 0 Å². The summed E-state index contributed by atoms with van der Waals surface area (Å²) in [5, 5.41) is 2.87. The van der Waals surface area contributed by atoms with Crippen LogP contribution in [0, 0.1) is 24.5 Å². The van der Waals surface area contributed by atoms with Gasteiger partial charge in [0, 0.05) is 32.0 Å². The maximum Gasteiger partial charge on any atom is 0.223 e. The Morgan fingerprint density at radius 1 is 1.07 bits per heavy atom. The molecule has 1 N–H and O–H groups in total. The lowest BCUT2D eigenvalue weighted by atomic mass is 9.95. The van der Waals surface area contributed by atoms with Crippen molar-refractivity contribution in [2.45, 2.75) is 39.2 Å². The van der Waals surface area contributed by atoms with Gasteiger partial charge in [-0.3, -0.25) is 9.59 Å². The van der Waals surface area contributed by atoms with Crippen molar-refractivity contribution in [2.24, 2.45) is 5.92 Å². The van der Waals surface area contributed by atoms with Gasteiger partial charge >= 0.3 is 0 Å². The number of nitrogens with zero attached hydrogens (tertiary/aromatic N) is 1. The van der Waals surface area contributed by atoms with Gasteiger partial charge in [0.15, 0.2) is 0 Å². The van der Waals surface area contributed by atoms with Crippen LogP contribution in [0.5, 0.6) is 0 Å². The van der Waals surface area contributed by atoms with Gasteiger partial charge in [-0.05, 0) is 61.1 Å². The fourth-order valence-corrected chi connectivity index (χ4v) is 3.57. The number of benzene rings is 2. The number of likely N-dealkylation sites (tertiary alicyclic amines) is 1. The van der Waals surface area contributed by atoms with Crippen molar-refractivity contribution in [1.82, 2.24) is 10.2 Å². The Morgan fingerprint density at radius 3 is 2.52 bits per heavy atom. The molecule has 0 aromatic heterocycles. The number of rotatable bonds is 6. The van der Waals surface area contributed by atoms with E-state index in [0.29, 0.717) is 50.9 Å². The summed E-state index contributed by atoms with van der Waals surface area (Å²) in [6, 6.07) is 11.2. The molecule has 1 aliphatic heterocycles. The molecule has 1 fully saturated rings. The van der Waals surface area contributed by atoms with E-state index in [1.807, 2.05) is 6.07 Å². The highest BCUT2D eigenvalue weighted by atomic mass is 19.1. The molecule has 2 aromatic carbocycles. The van der Waals surface area contributed by atoms with Crippen molar-refractivity contribution in [1.29, 1.82) is 0 Å². The van der Waals surface area contributed by atoms with Crippen molar-refractivity contribution in [3.05, 3.63) is 70.8 Å². The molecule has 0 saturated carbocycles. The molecule has 2 aromatic rings. The van der Waals surface area contributed by atoms with E-state index in [-0.39, 0.29) is 29.4 Å². The van der Waals surface area contributed by atoms with Crippen LogP contribution in [-0.2, 0) is 22.6 Å². The van der Waals surface area contributed by atoms with E-state index in [9.17, 15) is 18.4 Å². The van der Waals surface area contributed by atoms with Crippen LogP contribution in [0.15, 0.2) is 42.5 Å². The van der Waals surface area contributed by atoms with Crippen LogP contribution in [0.4, 0.5) is 8.78 Å². The Labute approximate surface area is 169 Å². The second kappa shape index (κ2) is 9.63. The van der Waals surface area contributed by atoms with Gasteiger partial charge in [-0.25, -0.2) is 8.78 Å². The van der Waals surface area contributed by atoms with Gasteiger partial charge in [0.2, 0.25) is 11.8 Å². The minimum atomic E-state index is -0.296. The fourth-order valence-electron chi connectivity index (χ4n) is 3.57. The molecule has 0 unspecified atom stereocenters.